The number of nitrogens with two attached hydrogens (primary N) is 1. The predicted molar refractivity (Wildman–Crippen MR) is 85.2 cm³/mol. The van der Waals surface area contributed by atoms with Crippen molar-refractivity contribution >= 4 is 11.7 Å². The number of piperidine rings is 1. The van der Waals surface area contributed by atoms with Crippen molar-refractivity contribution in [1.82, 2.24) is 4.90 Å². The number of amidine groups is 1. The minimum absolute atomic E-state index is 0.0416. The van der Waals surface area contributed by atoms with Crippen molar-refractivity contribution in [3.8, 4) is 0 Å². The van der Waals surface area contributed by atoms with Crippen LogP contribution in [0.2, 0.25) is 0 Å². The van der Waals surface area contributed by atoms with Crippen molar-refractivity contribution in [1.29, 1.82) is 0 Å². The third-order valence-electron chi connectivity index (χ3n) is 4.52. The van der Waals surface area contributed by atoms with E-state index in [-0.39, 0.29) is 11.7 Å². The van der Waals surface area contributed by atoms with Gasteiger partial charge in [0.25, 0.3) is 0 Å². The maximum Gasteiger partial charge on any atom is 0.236 e. The second-order valence-electron chi connectivity index (χ2n) is 6.72. The lowest BCUT2D eigenvalue weighted by Gasteiger charge is -2.41. The molecule has 0 saturated carbocycles. The zero-order valence-corrected chi connectivity index (χ0v) is 13.9. The highest BCUT2D eigenvalue weighted by atomic mass is 16.4. The Morgan fingerprint density at radius 3 is 2.10 bits per heavy atom. The third kappa shape index (κ3) is 3.89. The van der Waals surface area contributed by atoms with Crippen LogP contribution in [-0.4, -0.2) is 34.9 Å². The molecule has 0 aromatic carbocycles. The molecule has 1 amide bonds. The molecule has 5 heteroatoms. The molecule has 122 valence electrons. The molecule has 0 aromatic rings. The Labute approximate surface area is 128 Å². The number of hydrogen-bond acceptors (Lipinski definition) is 3. The van der Waals surface area contributed by atoms with Gasteiger partial charge in [0.1, 0.15) is 5.41 Å². The lowest BCUT2D eigenvalue weighted by molar-refractivity contribution is -0.142. The SMILES string of the molecule is CCCC(CCC)(C(=O)N1CC(C)CC(C)C1)C(N)=NO. The van der Waals surface area contributed by atoms with Crippen LogP contribution in [0.25, 0.3) is 0 Å². The van der Waals surface area contributed by atoms with Gasteiger partial charge in [-0.1, -0.05) is 45.7 Å². The van der Waals surface area contributed by atoms with Crippen molar-refractivity contribution < 1.29 is 10.0 Å². The highest BCUT2D eigenvalue weighted by Crippen LogP contribution is 2.35. The Morgan fingerprint density at radius 1 is 1.24 bits per heavy atom. The number of hydrogen-bond donors (Lipinski definition) is 2. The summed E-state index contributed by atoms with van der Waals surface area (Å²) in [5, 5.41) is 12.4. The fourth-order valence-corrected chi connectivity index (χ4v) is 3.79. The summed E-state index contributed by atoms with van der Waals surface area (Å²) in [6.45, 7) is 9.98. The van der Waals surface area contributed by atoms with Crippen LogP contribution in [0.5, 0.6) is 0 Å². The van der Waals surface area contributed by atoms with E-state index in [0.29, 0.717) is 24.7 Å². The first-order valence-electron chi connectivity index (χ1n) is 8.18. The first-order chi connectivity index (χ1) is 9.91. The van der Waals surface area contributed by atoms with Gasteiger partial charge >= 0.3 is 0 Å². The highest BCUT2D eigenvalue weighted by Gasteiger charge is 2.45. The Balaban J connectivity index is 3.08. The maximum absolute atomic E-state index is 13.1. The van der Waals surface area contributed by atoms with Crippen molar-refractivity contribution in [2.75, 3.05) is 13.1 Å². The van der Waals surface area contributed by atoms with Gasteiger partial charge in [-0.2, -0.15) is 0 Å². The quantitative estimate of drug-likeness (QED) is 0.342. The summed E-state index contributed by atoms with van der Waals surface area (Å²) in [5.74, 6) is 1.12. The van der Waals surface area contributed by atoms with Crippen LogP contribution in [0.1, 0.15) is 59.8 Å². The highest BCUT2D eigenvalue weighted by molar-refractivity contribution is 6.06. The summed E-state index contributed by atoms with van der Waals surface area (Å²) in [5.41, 5.74) is 5.12. The minimum Gasteiger partial charge on any atom is -0.409 e. The topological polar surface area (TPSA) is 78.9 Å². The first kappa shape index (κ1) is 17.8. The van der Waals surface area contributed by atoms with Gasteiger partial charge in [0.05, 0.1) is 0 Å². The van der Waals surface area contributed by atoms with Gasteiger partial charge in [-0.25, -0.2) is 0 Å². The molecule has 1 aliphatic heterocycles. The van der Waals surface area contributed by atoms with E-state index in [4.69, 9.17) is 10.9 Å². The van der Waals surface area contributed by atoms with Gasteiger partial charge in [-0.3, -0.25) is 4.79 Å². The fraction of sp³-hybridized carbons (Fsp3) is 0.875. The normalized spacial score (nSPS) is 24.2. The van der Waals surface area contributed by atoms with Gasteiger partial charge in [0.2, 0.25) is 5.91 Å². The number of carbonyl (C=O) groups excluding carboxylic acids is 1. The van der Waals surface area contributed by atoms with Crippen LogP contribution in [-0.2, 0) is 4.79 Å². The monoisotopic (exact) mass is 297 g/mol. The Bertz CT molecular complexity index is 366. The van der Waals surface area contributed by atoms with Crippen molar-refractivity contribution in [3.05, 3.63) is 0 Å². The van der Waals surface area contributed by atoms with Crippen LogP contribution < -0.4 is 5.73 Å². The average Bonchev–Trinajstić information content (AvgIpc) is 2.44. The van der Waals surface area contributed by atoms with Gasteiger partial charge in [0, 0.05) is 13.1 Å². The molecule has 2 unspecified atom stereocenters. The molecule has 2 atom stereocenters. The number of likely N-dealkylation sites (tertiary alicyclic amines) is 1. The van der Waals surface area contributed by atoms with Gasteiger partial charge in [0.15, 0.2) is 5.84 Å². The lowest BCUT2D eigenvalue weighted by Crippen LogP contribution is -2.54. The number of rotatable bonds is 6. The van der Waals surface area contributed by atoms with E-state index in [1.807, 2.05) is 18.7 Å². The molecule has 0 radical (unpaired) electrons. The summed E-state index contributed by atoms with van der Waals surface area (Å²) in [6, 6.07) is 0. The van der Waals surface area contributed by atoms with Gasteiger partial charge in [-0.05, 0) is 31.1 Å². The van der Waals surface area contributed by atoms with E-state index < -0.39 is 5.41 Å². The molecular weight excluding hydrogens is 266 g/mol. The van der Waals surface area contributed by atoms with Crippen molar-refractivity contribution in [3.63, 3.8) is 0 Å². The molecule has 0 aromatic heterocycles. The summed E-state index contributed by atoms with van der Waals surface area (Å²) < 4.78 is 0. The van der Waals surface area contributed by atoms with Crippen LogP contribution in [0.15, 0.2) is 5.16 Å². The number of nitrogens with zero attached hydrogens (tertiary/aromatic N) is 2. The smallest absolute Gasteiger partial charge is 0.236 e. The fourth-order valence-electron chi connectivity index (χ4n) is 3.79. The van der Waals surface area contributed by atoms with E-state index in [9.17, 15) is 4.79 Å². The van der Waals surface area contributed by atoms with E-state index >= 15 is 0 Å². The second kappa shape index (κ2) is 7.66. The Kier molecular flexibility index (Phi) is 6.49. The second-order valence-corrected chi connectivity index (χ2v) is 6.72. The average molecular weight is 297 g/mol. The first-order valence-corrected chi connectivity index (χ1v) is 8.18. The van der Waals surface area contributed by atoms with Gasteiger partial charge < -0.3 is 15.8 Å². The van der Waals surface area contributed by atoms with E-state index in [1.54, 1.807) is 0 Å². The molecular formula is C16H31N3O2. The molecule has 3 N–H and O–H groups in total. The number of carbonyl (C=O) groups is 1. The lowest BCUT2D eigenvalue weighted by atomic mass is 9.75. The van der Waals surface area contributed by atoms with E-state index in [1.165, 1.54) is 0 Å². The molecule has 0 bridgehead atoms. The molecule has 0 spiro atoms. The van der Waals surface area contributed by atoms with E-state index in [0.717, 1.165) is 32.4 Å². The van der Waals surface area contributed by atoms with Crippen LogP contribution in [0, 0.1) is 17.3 Å². The molecule has 5 nitrogen and oxygen atoms in total. The molecule has 1 fully saturated rings. The molecule has 1 saturated heterocycles. The molecule has 1 aliphatic rings. The Hall–Kier alpha value is -1.26. The third-order valence-corrected chi connectivity index (χ3v) is 4.52. The standard InChI is InChI=1S/C16H31N3O2/c1-5-7-16(8-6-2,14(17)18-21)15(20)19-10-12(3)9-13(4)11-19/h12-13,21H,5-11H2,1-4H3,(H2,17,18). The zero-order valence-electron chi connectivity index (χ0n) is 13.9. The Morgan fingerprint density at radius 2 is 1.71 bits per heavy atom. The summed E-state index contributed by atoms with van der Waals surface area (Å²) >= 11 is 0. The zero-order chi connectivity index (χ0) is 16.0. The predicted octanol–water partition coefficient (Wildman–Crippen LogP) is 2.82. The number of amides is 1. The molecule has 1 heterocycles. The van der Waals surface area contributed by atoms with Crippen LogP contribution in [0.4, 0.5) is 0 Å². The summed E-state index contributed by atoms with van der Waals surface area (Å²) in [4.78, 5) is 15.1. The van der Waals surface area contributed by atoms with Gasteiger partial charge in [-0.15, -0.1) is 0 Å². The van der Waals surface area contributed by atoms with Crippen LogP contribution >= 0.6 is 0 Å². The van der Waals surface area contributed by atoms with Crippen molar-refractivity contribution in [2.45, 2.75) is 59.8 Å². The summed E-state index contributed by atoms with van der Waals surface area (Å²) in [6.07, 6.45) is 4.09. The van der Waals surface area contributed by atoms with Crippen molar-refractivity contribution in [2.24, 2.45) is 28.1 Å². The largest absolute Gasteiger partial charge is 0.409 e. The van der Waals surface area contributed by atoms with E-state index in [2.05, 4.69) is 19.0 Å². The van der Waals surface area contributed by atoms with Crippen LogP contribution in [0.3, 0.4) is 0 Å². The summed E-state index contributed by atoms with van der Waals surface area (Å²) in [7, 11) is 0. The molecule has 21 heavy (non-hydrogen) atoms. The number of oxime groups is 1. The molecule has 1 rings (SSSR count). The minimum atomic E-state index is -0.838. The molecule has 0 aliphatic carbocycles. The maximum atomic E-state index is 13.1.